The maximum absolute atomic E-state index is 13.2. The number of benzene rings is 2. The highest BCUT2D eigenvalue weighted by molar-refractivity contribution is 6.61. The summed E-state index contributed by atoms with van der Waals surface area (Å²) in [6.07, 6.45) is 0. The SMILES string of the molecule is Cc1cc(C(C)Nc2ccc(Cl)nc2-c2ccc3c(c2C)COB3O)c2oc(C(C)C)c(C)c(=O)c2c1. The smallest absolute Gasteiger partial charge is 0.460 e. The van der Waals surface area contributed by atoms with Gasteiger partial charge >= 0.3 is 7.12 Å². The van der Waals surface area contributed by atoms with Crippen molar-refractivity contribution < 1.29 is 14.1 Å². The van der Waals surface area contributed by atoms with E-state index in [9.17, 15) is 9.82 Å². The van der Waals surface area contributed by atoms with E-state index in [4.69, 9.17) is 20.7 Å². The van der Waals surface area contributed by atoms with Crippen LogP contribution in [0.5, 0.6) is 0 Å². The molecule has 0 saturated heterocycles. The lowest BCUT2D eigenvalue weighted by Gasteiger charge is -2.21. The van der Waals surface area contributed by atoms with Crippen LogP contribution in [-0.2, 0) is 11.3 Å². The van der Waals surface area contributed by atoms with Gasteiger partial charge in [-0.05, 0) is 68.0 Å². The van der Waals surface area contributed by atoms with Gasteiger partial charge in [0.15, 0.2) is 5.43 Å². The van der Waals surface area contributed by atoms with Gasteiger partial charge in [0.05, 0.1) is 29.4 Å². The van der Waals surface area contributed by atoms with Crippen LogP contribution in [0.1, 0.15) is 66.3 Å². The molecule has 4 aromatic rings. The van der Waals surface area contributed by atoms with Gasteiger partial charge in [-0.1, -0.05) is 43.6 Å². The van der Waals surface area contributed by atoms with Gasteiger partial charge in [0.25, 0.3) is 0 Å². The number of aromatic nitrogens is 1. The number of hydrogen-bond donors (Lipinski definition) is 2. The quantitative estimate of drug-likeness (QED) is 0.252. The molecule has 2 aromatic carbocycles. The Morgan fingerprint density at radius 1 is 1.08 bits per heavy atom. The van der Waals surface area contributed by atoms with Crippen molar-refractivity contribution in [2.75, 3.05) is 5.32 Å². The van der Waals surface area contributed by atoms with Crippen LogP contribution >= 0.6 is 11.6 Å². The second kappa shape index (κ2) is 9.64. The second-order valence-corrected chi connectivity index (χ2v) is 10.6. The maximum Gasteiger partial charge on any atom is 0.491 e. The molecule has 0 amide bonds. The zero-order valence-electron chi connectivity index (χ0n) is 21.9. The molecule has 0 aliphatic carbocycles. The number of hydrogen-bond acceptors (Lipinski definition) is 6. The Balaban J connectivity index is 1.62. The minimum atomic E-state index is -0.906. The molecule has 0 radical (unpaired) electrons. The highest BCUT2D eigenvalue weighted by Crippen LogP contribution is 2.36. The first-order chi connectivity index (χ1) is 17.6. The van der Waals surface area contributed by atoms with E-state index in [1.54, 1.807) is 6.07 Å². The zero-order chi connectivity index (χ0) is 26.6. The third-order valence-corrected chi connectivity index (χ3v) is 7.40. The van der Waals surface area contributed by atoms with Gasteiger partial charge in [-0.3, -0.25) is 4.79 Å². The summed E-state index contributed by atoms with van der Waals surface area (Å²) in [4.78, 5) is 17.9. The predicted molar refractivity (Wildman–Crippen MR) is 150 cm³/mol. The van der Waals surface area contributed by atoms with Crippen LogP contribution in [0.3, 0.4) is 0 Å². The average molecular weight is 517 g/mol. The van der Waals surface area contributed by atoms with Crippen molar-refractivity contribution in [2.24, 2.45) is 0 Å². The molecule has 2 aromatic heterocycles. The summed E-state index contributed by atoms with van der Waals surface area (Å²) in [5.41, 5.74) is 8.31. The van der Waals surface area contributed by atoms with Gasteiger partial charge < -0.3 is 19.4 Å². The van der Waals surface area contributed by atoms with Crippen LogP contribution in [0.4, 0.5) is 5.69 Å². The van der Waals surface area contributed by atoms with E-state index in [-0.39, 0.29) is 17.4 Å². The number of aryl methyl sites for hydroxylation is 1. The molecule has 37 heavy (non-hydrogen) atoms. The minimum Gasteiger partial charge on any atom is -0.460 e. The van der Waals surface area contributed by atoms with E-state index in [1.807, 2.05) is 65.8 Å². The lowest BCUT2D eigenvalue weighted by molar-refractivity contribution is 0.275. The first kappa shape index (κ1) is 25.5. The van der Waals surface area contributed by atoms with Crippen LogP contribution in [-0.4, -0.2) is 17.1 Å². The summed E-state index contributed by atoms with van der Waals surface area (Å²) >= 11 is 6.34. The molecule has 1 aliphatic rings. The summed E-state index contributed by atoms with van der Waals surface area (Å²) in [6, 6.07) is 11.2. The highest BCUT2D eigenvalue weighted by atomic mass is 35.5. The molecule has 0 bridgehead atoms. The molecule has 0 saturated carbocycles. The second-order valence-electron chi connectivity index (χ2n) is 10.2. The van der Waals surface area contributed by atoms with E-state index in [0.29, 0.717) is 39.7 Å². The van der Waals surface area contributed by atoms with Crippen LogP contribution < -0.4 is 16.2 Å². The number of nitrogens with zero attached hydrogens (tertiary/aromatic N) is 1. The van der Waals surface area contributed by atoms with E-state index in [0.717, 1.165) is 39.0 Å². The topological polar surface area (TPSA) is 84.6 Å². The van der Waals surface area contributed by atoms with Gasteiger partial charge in [0.1, 0.15) is 16.5 Å². The number of halogens is 1. The van der Waals surface area contributed by atoms with E-state index < -0.39 is 7.12 Å². The number of anilines is 1. The molecular weight excluding hydrogens is 487 g/mol. The lowest BCUT2D eigenvalue weighted by Crippen LogP contribution is -2.28. The van der Waals surface area contributed by atoms with Gasteiger partial charge in [-0.2, -0.15) is 0 Å². The molecule has 0 spiro atoms. The molecule has 8 heteroatoms. The van der Waals surface area contributed by atoms with Crippen molar-refractivity contribution in [3.8, 4) is 11.3 Å². The van der Waals surface area contributed by atoms with E-state index >= 15 is 0 Å². The molecular formula is C29H30BClN2O4. The summed E-state index contributed by atoms with van der Waals surface area (Å²) in [5.74, 6) is 0.800. The lowest BCUT2D eigenvalue weighted by atomic mass is 9.77. The summed E-state index contributed by atoms with van der Waals surface area (Å²) in [7, 11) is -0.906. The van der Waals surface area contributed by atoms with Crippen molar-refractivity contribution in [1.82, 2.24) is 4.98 Å². The fourth-order valence-electron chi connectivity index (χ4n) is 5.23. The normalized spacial score (nSPS) is 13.9. The van der Waals surface area contributed by atoms with Gasteiger partial charge in [-0.25, -0.2) is 4.98 Å². The van der Waals surface area contributed by atoms with Crippen molar-refractivity contribution in [2.45, 2.75) is 60.1 Å². The van der Waals surface area contributed by atoms with Crippen LogP contribution in [0.25, 0.3) is 22.2 Å². The van der Waals surface area contributed by atoms with Crippen molar-refractivity contribution in [3.05, 3.63) is 85.4 Å². The van der Waals surface area contributed by atoms with E-state index in [2.05, 4.69) is 16.4 Å². The Kier molecular flexibility index (Phi) is 6.65. The largest absolute Gasteiger partial charge is 0.491 e. The third-order valence-electron chi connectivity index (χ3n) is 7.19. The van der Waals surface area contributed by atoms with Gasteiger partial charge in [-0.15, -0.1) is 0 Å². The molecule has 6 nitrogen and oxygen atoms in total. The van der Waals surface area contributed by atoms with Crippen molar-refractivity contribution >= 4 is 40.8 Å². The number of pyridine rings is 1. The minimum absolute atomic E-state index is 0.00845. The summed E-state index contributed by atoms with van der Waals surface area (Å²) in [6.45, 7) is 12.3. The predicted octanol–water partition coefficient (Wildman–Crippen LogP) is 5.95. The Morgan fingerprint density at radius 2 is 1.84 bits per heavy atom. The standard InChI is InChI=1S/C29H30BClN2O4/c1-14(2)28-17(5)27(34)21-12-15(3)11-20(29(21)37-28)18(6)32-24-9-10-25(31)33-26(24)19-7-8-23-22(16(19)4)13-36-30(23)35/h7-12,14,18,32,35H,13H2,1-6H3. The Hall–Kier alpha value is -3.13. The van der Waals surface area contributed by atoms with Crippen LogP contribution in [0.15, 0.2) is 45.6 Å². The molecule has 1 atom stereocenters. The molecule has 3 heterocycles. The summed E-state index contributed by atoms with van der Waals surface area (Å²) < 4.78 is 11.8. The fraction of sp³-hybridized carbons (Fsp3) is 0.310. The monoisotopic (exact) mass is 516 g/mol. The fourth-order valence-corrected chi connectivity index (χ4v) is 5.38. The van der Waals surface area contributed by atoms with Crippen molar-refractivity contribution in [1.29, 1.82) is 0 Å². The molecule has 5 rings (SSSR count). The zero-order valence-corrected chi connectivity index (χ0v) is 22.7. The van der Waals surface area contributed by atoms with Crippen LogP contribution in [0.2, 0.25) is 5.15 Å². The first-order valence-corrected chi connectivity index (χ1v) is 12.9. The van der Waals surface area contributed by atoms with Gasteiger partial charge in [0, 0.05) is 22.6 Å². The molecule has 2 N–H and O–H groups in total. The van der Waals surface area contributed by atoms with Gasteiger partial charge in [0.2, 0.25) is 0 Å². The Morgan fingerprint density at radius 3 is 2.57 bits per heavy atom. The molecule has 190 valence electrons. The third kappa shape index (κ3) is 4.45. The average Bonchev–Trinajstić information content (AvgIpc) is 3.24. The van der Waals surface area contributed by atoms with Crippen molar-refractivity contribution in [3.63, 3.8) is 0 Å². The highest BCUT2D eigenvalue weighted by Gasteiger charge is 2.30. The molecule has 1 aliphatic heterocycles. The Labute approximate surface area is 221 Å². The molecule has 1 unspecified atom stereocenters. The number of fused-ring (bicyclic) bond motifs is 2. The molecule has 0 fully saturated rings. The number of nitrogens with one attached hydrogen (secondary N) is 1. The summed E-state index contributed by atoms with van der Waals surface area (Å²) in [5, 5.41) is 14.7. The first-order valence-electron chi connectivity index (χ1n) is 12.5. The number of rotatable bonds is 5. The maximum atomic E-state index is 13.2. The Bertz CT molecular complexity index is 1600. The van der Waals surface area contributed by atoms with Crippen LogP contribution in [0, 0.1) is 20.8 Å². The van der Waals surface area contributed by atoms with E-state index in [1.165, 1.54) is 0 Å².